The zero-order valence-corrected chi connectivity index (χ0v) is 12.4. The minimum absolute atomic E-state index is 0.0480. The number of para-hydroxylation sites is 1. The first kappa shape index (κ1) is 16.0. The van der Waals surface area contributed by atoms with E-state index in [-0.39, 0.29) is 5.96 Å². The Bertz CT molecular complexity index is 528. The van der Waals surface area contributed by atoms with Crippen LogP contribution in [-0.2, 0) is 6.42 Å². The summed E-state index contributed by atoms with van der Waals surface area (Å²) in [5, 5.41) is 3.02. The summed E-state index contributed by atoms with van der Waals surface area (Å²) in [6.07, 6.45) is 2.36. The number of anilines is 1. The van der Waals surface area contributed by atoms with Gasteiger partial charge in [0.1, 0.15) is 0 Å². The highest BCUT2D eigenvalue weighted by molar-refractivity contribution is 6.34. The Morgan fingerprint density at radius 3 is 2.90 bits per heavy atom. The van der Waals surface area contributed by atoms with Gasteiger partial charge in [0.2, 0.25) is 0 Å². The number of nitrogens with two attached hydrogens (primary N) is 1. The smallest absolute Gasteiger partial charge is 0.328 e. The average Bonchev–Trinajstić information content (AvgIpc) is 2.43. The van der Waals surface area contributed by atoms with E-state index in [2.05, 4.69) is 16.9 Å². The Balaban J connectivity index is 2.92. The molecular weight excluding hydrogens is 276 g/mol. The van der Waals surface area contributed by atoms with Crippen LogP contribution in [0.5, 0.6) is 0 Å². The quantitative estimate of drug-likeness (QED) is 0.509. The molecule has 6 heteroatoms. The van der Waals surface area contributed by atoms with E-state index < -0.39 is 6.03 Å². The van der Waals surface area contributed by atoms with E-state index in [1.807, 2.05) is 19.1 Å². The van der Waals surface area contributed by atoms with Crippen molar-refractivity contribution in [3.05, 3.63) is 41.4 Å². The first-order chi connectivity index (χ1) is 9.51. The van der Waals surface area contributed by atoms with Crippen LogP contribution in [-0.4, -0.2) is 25.6 Å². The lowest BCUT2D eigenvalue weighted by molar-refractivity contribution is 0.251. The van der Waals surface area contributed by atoms with Crippen LogP contribution in [0.3, 0.4) is 0 Å². The third-order valence-electron chi connectivity index (χ3n) is 2.72. The molecule has 0 unspecified atom stereocenters. The van der Waals surface area contributed by atoms with Crippen molar-refractivity contribution in [2.45, 2.75) is 13.3 Å². The van der Waals surface area contributed by atoms with Gasteiger partial charge in [-0.1, -0.05) is 36.7 Å². The molecule has 0 aliphatic heterocycles. The van der Waals surface area contributed by atoms with Gasteiger partial charge in [-0.3, -0.25) is 10.2 Å². The van der Waals surface area contributed by atoms with Crippen LogP contribution in [0.1, 0.15) is 12.5 Å². The lowest BCUT2D eigenvalue weighted by Crippen LogP contribution is -2.44. The van der Waals surface area contributed by atoms with Gasteiger partial charge in [-0.15, -0.1) is 6.58 Å². The molecule has 0 spiro atoms. The van der Waals surface area contributed by atoms with Gasteiger partial charge in [0.05, 0.1) is 17.3 Å². The lowest BCUT2D eigenvalue weighted by atomic mass is 10.1. The van der Waals surface area contributed by atoms with Gasteiger partial charge in [0, 0.05) is 7.05 Å². The van der Waals surface area contributed by atoms with Gasteiger partial charge in [-0.05, 0) is 18.1 Å². The van der Waals surface area contributed by atoms with Crippen molar-refractivity contribution in [3.8, 4) is 0 Å². The van der Waals surface area contributed by atoms with E-state index in [0.717, 1.165) is 12.0 Å². The van der Waals surface area contributed by atoms with Crippen molar-refractivity contribution in [2.75, 3.05) is 18.5 Å². The molecule has 0 aliphatic carbocycles. The fourth-order valence-corrected chi connectivity index (χ4v) is 2.04. The van der Waals surface area contributed by atoms with Crippen LogP contribution >= 0.6 is 11.6 Å². The number of carbonyl (C=O) groups excluding carboxylic acids is 1. The largest absolute Gasteiger partial charge is 0.370 e. The summed E-state index contributed by atoms with van der Waals surface area (Å²) in [4.78, 5) is 17.4. The standard InChI is InChI=1S/C14H19ClN4O/c1-4-9-17-13(16)18-14(20)19(3)12-10(5-2)7-6-8-11(12)15/h4,6-8H,1,5,9H2,2-3H3,(H3,16,17,18,20). The first-order valence-electron chi connectivity index (χ1n) is 6.24. The van der Waals surface area contributed by atoms with Crippen molar-refractivity contribution in [3.63, 3.8) is 0 Å². The normalized spacial score (nSPS) is 11.1. The summed E-state index contributed by atoms with van der Waals surface area (Å²) >= 11 is 6.17. The molecule has 5 nitrogen and oxygen atoms in total. The third kappa shape index (κ3) is 3.99. The van der Waals surface area contributed by atoms with E-state index >= 15 is 0 Å². The minimum Gasteiger partial charge on any atom is -0.370 e. The Labute approximate surface area is 124 Å². The van der Waals surface area contributed by atoms with Crippen molar-refractivity contribution < 1.29 is 4.79 Å². The second-order valence-electron chi connectivity index (χ2n) is 4.10. The predicted molar refractivity (Wildman–Crippen MR) is 84.5 cm³/mol. The van der Waals surface area contributed by atoms with Gasteiger partial charge in [0.25, 0.3) is 0 Å². The van der Waals surface area contributed by atoms with Crippen LogP contribution < -0.4 is 16.0 Å². The number of guanidine groups is 1. The molecule has 3 N–H and O–H groups in total. The number of aryl methyl sites for hydroxylation is 1. The molecule has 0 radical (unpaired) electrons. The molecule has 1 rings (SSSR count). The second kappa shape index (κ2) is 7.55. The van der Waals surface area contributed by atoms with Crippen LogP contribution in [0, 0.1) is 0 Å². The molecule has 0 saturated heterocycles. The highest BCUT2D eigenvalue weighted by Gasteiger charge is 2.17. The third-order valence-corrected chi connectivity index (χ3v) is 3.02. The van der Waals surface area contributed by atoms with Gasteiger partial charge in [0.15, 0.2) is 5.96 Å². The molecule has 2 amide bonds. The predicted octanol–water partition coefficient (Wildman–Crippen LogP) is 2.55. The monoisotopic (exact) mass is 294 g/mol. The minimum atomic E-state index is -0.391. The number of carbonyl (C=O) groups is 1. The number of nitrogens with zero attached hydrogens (tertiary/aromatic N) is 2. The molecule has 0 bridgehead atoms. The molecule has 1 aromatic carbocycles. The number of nitrogens with one attached hydrogen (secondary N) is 1. The highest BCUT2D eigenvalue weighted by Crippen LogP contribution is 2.29. The van der Waals surface area contributed by atoms with E-state index in [1.165, 1.54) is 4.90 Å². The fraction of sp³-hybridized carbons (Fsp3) is 0.286. The summed E-state index contributed by atoms with van der Waals surface area (Å²) in [7, 11) is 1.64. The number of rotatable bonds is 4. The van der Waals surface area contributed by atoms with Gasteiger partial charge >= 0.3 is 6.03 Å². The van der Waals surface area contributed by atoms with Crippen molar-refractivity contribution in [1.29, 1.82) is 0 Å². The zero-order chi connectivity index (χ0) is 15.1. The van der Waals surface area contributed by atoms with Crippen molar-refractivity contribution >= 4 is 29.3 Å². The molecule has 0 heterocycles. The molecule has 1 aromatic rings. The summed E-state index contributed by atoms with van der Waals surface area (Å²) in [6, 6.07) is 5.14. The summed E-state index contributed by atoms with van der Waals surface area (Å²) in [6.45, 7) is 5.88. The number of urea groups is 1. The van der Waals surface area contributed by atoms with Crippen LogP contribution in [0.4, 0.5) is 10.5 Å². The zero-order valence-electron chi connectivity index (χ0n) is 11.7. The molecule has 0 aromatic heterocycles. The molecule has 0 aliphatic rings. The molecule has 20 heavy (non-hydrogen) atoms. The number of hydrogen-bond donors (Lipinski definition) is 2. The number of benzene rings is 1. The van der Waals surface area contributed by atoms with Gasteiger partial charge in [-0.25, -0.2) is 9.79 Å². The second-order valence-corrected chi connectivity index (χ2v) is 4.51. The topological polar surface area (TPSA) is 70.7 Å². The van der Waals surface area contributed by atoms with Crippen LogP contribution in [0.2, 0.25) is 5.02 Å². The number of amides is 2. The summed E-state index contributed by atoms with van der Waals surface area (Å²) in [5.41, 5.74) is 7.25. The van der Waals surface area contributed by atoms with Crippen molar-refractivity contribution in [2.24, 2.45) is 10.7 Å². The van der Waals surface area contributed by atoms with Crippen LogP contribution in [0.25, 0.3) is 0 Å². The molecule has 0 atom stereocenters. The SMILES string of the molecule is C=CCN=C(N)NC(=O)N(C)c1c(Cl)cccc1CC. The lowest BCUT2D eigenvalue weighted by Gasteiger charge is -2.21. The van der Waals surface area contributed by atoms with E-state index in [9.17, 15) is 4.79 Å². The Kier molecular flexibility index (Phi) is 6.06. The number of aliphatic imine (C=N–C) groups is 1. The van der Waals surface area contributed by atoms with Crippen LogP contribution in [0.15, 0.2) is 35.8 Å². The maximum atomic E-state index is 12.1. The molecule has 0 saturated carbocycles. The van der Waals surface area contributed by atoms with Gasteiger partial charge in [-0.2, -0.15) is 0 Å². The first-order valence-corrected chi connectivity index (χ1v) is 6.62. The fourth-order valence-electron chi connectivity index (χ4n) is 1.72. The number of halogens is 1. The van der Waals surface area contributed by atoms with E-state index in [1.54, 1.807) is 19.2 Å². The van der Waals surface area contributed by atoms with Gasteiger partial charge < -0.3 is 5.73 Å². The Morgan fingerprint density at radius 1 is 1.60 bits per heavy atom. The molecule has 0 fully saturated rings. The summed E-state index contributed by atoms with van der Waals surface area (Å²) in [5.74, 6) is 0.0480. The maximum Gasteiger partial charge on any atom is 0.328 e. The Hall–Kier alpha value is -2.01. The average molecular weight is 295 g/mol. The Morgan fingerprint density at radius 2 is 2.30 bits per heavy atom. The van der Waals surface area contributed by atoms with Crippen molar-refractivity contribution in [1.82, 2.24) is 5.32 Å². The summed E-state index contributed by atoms with van der Waals surface area (Å²) < 4.78 is 0. The molecular formula is C14H19ClN4O. The van der Waals surface area contributed by atoms with E-state index in [4.69, 9.17) is 17.3 Å². The maximum absolute atomic E-state index is 12.1. The number of hydrogen-bond acceptors (Lipinski definition) is 2. The molecule has 108 valence electrons. The van der Waals surface area contributed by atoms with E-state index in [0.29, 0.717) is 17.3 Å². The highest BCUT2D eigenvalue weighted by atomic mass is 35.5.